The molecule has 7 heteroatoms. The average Bonchev–Trinajstić information content (AvgIpc) is 2.29. The van der Waals surface area contributed by atoms with Crippen LogP contribution >= 0.6 is 15.9 Å². The largest absolute Gasteiger partial charge is 0.444 e. The number of hydrogen-bond donors (Lipinski definition) is 2. The number of halogens is 1. The third kappa shape index (κ3) is 6.01. The van der Waals surface area contributed by atoms with Gasteiger partial charge in [-0.1, -0.05) is 0 Å². The third-order valence-electron chi connectivity index (χ3n) is 2.11. The zero-order valence-corrected chi connectivity index (χ0v) is 13.4. The van der Waals surface area contributed by atoms with Crippen LogP contribution in [0.3, 0.4) is 0 Å². The number of nitrogens with zero attached hydrogens (tertiary/aromatic N) is 1. The zero-order valence-electron chi connectivity index (χ0n) is 11.9. The molecule has 1 unspecified atom stereocenters. The fourth-order valence-electron chi connectivity index (χ4n) is 1.23. The van der Waals surface area contributed by atoms with Gasteiger partial charge in [-0.05, 0) is 55.8 Å². The Balaban J connectivity index is 2.51. The number of pyridine rings is 1. The number of nitrogens with one attached hydrogen (secondary N) is 2. The minimum absolute atomic E-state index is 0.370. The molecule has 110 valence electrons. The predicted octanol–water partition coefficient (Wildman–Crippen LogP) is 2.70. The van der Waals surface area contributed by atoms with Crippen molar-refractivity contribution in [1.82, 2.24) is 10.3 Å². The van der Waals surface area contributed by atoms with Gasteiger partial charge in [0.1, 0.15) is 17.5 Å². The standard InChI is InChI=1S/C13H18BrN3O3/c1-8(16-12(19)20-13(2,3)4)11(18)17-10-6-5-9(14)7-15-10/h5-8H,1-4H3,(H,16,19)(H,15,17,18). The fourth-order valence-corrected chi connectivity index (χ4v) is 1.47. The molecule has 0 fully saturated rings. The molecule has 0 saturated carbocycles. The van der Waals surface area contributed by atoms with E-state index in [2.05, 4.69) is 31.5 Å². The Morgan fingerprint density at radius 1 is 1.35 bits per heavy atom. The maximum absolute atomic E-state index is 11.9. The molecule has 6 nitrogen and oxygen atoms in total. The molecule has 0 aliphatic carbocycles. The highest BCUT2D eigenvalue weighted by Gasteiger charge is 2.21. The van der Waals surface area contributed by atoms with Crippen molar-refractivity contribution >= 4 is 33.7 Å². The van der Waals surface area contributed by atoms with Gasteiger partial charge in [-0.2, -0.15) is 0 Å². The molecule has 0 bridgehead atoms. The van der Waals surface area contributed by atoms with E-state index in [4.69, 9.17) is 4.74 Å². The topological polar surface area (TPSA) is 80.3 Å². The Hall–Kier alpha value is -1.63. The highest BCUT2D eigenvalue weighted by molar-refractivity contribution is 9.10. The Morgan fingerprint density at radius 2 is 2.00 bits per heavy atom. The molecule has 1 aromatic heterocycles. The second-order valence-electron chi connectivity index (χ2n) is 5.22. The third-order valence-corrected chi connectivity index (χ3v) is 2.57. The summed E-state index contributed by atoms with van der Waals surface area (Å²) in [5.74, 6) is 0.0433. The lowest BCUT2D eigenvalue weighted by molar-refractivity contribution is -0.117. The summed E-state index contributed by atoms with van der Waals surface area (Å²) < 4.78 is 5.89. The maximum Gasteiger partial charge on any atom is 0.408 e. The summed E-state index contributed by atoms with van der Waals surface area (Å²) in [6.45, 7) is 6.83. The molecule has 0 aliphatic heterocycles. The molecular formula is C13H18BrN3O3. The molecule has 1 aromatic rings. The maximum atomic E-state index is 11.9. The molecule has 0 aliphatic rings. The molecule has 20 heavy (non-hydrogen) atoms. The lowest BCUT2D eigenvalue weighted by Crippen LogP contribution is -2.44. The van der Waals surface area contributed by atoms with Gasteiger partial charge in [-0.15, -0.1) is 0 Å². The number of alkyl carbamates (subject to hydrolysis) is 1. The van der Waals surface area contributed by atoms with Crippen LogP contribution in [0.15, 0.2) is 22.8 Å². The van der Waals surface area contributed by atoms with Crippen LogP contribution in [-0.2, 0) is 9.53 Å². The van der Waals surface area contributed by atoms with E-state index in [1.165, 1.54) is 0 Å². The molecule has 0 saturated heterocycles. The molecule has 0 spiro atoms. The monoisotopic (exact) mass is 343 g/mol. The van der Waals surface area contributed by atoms with Gasteiger partial charge in [0.05, 0.1) is 0 Å². The van der Waals surface area contributed by atoms with E-state index in [9.17, 15) is 9.59 Å². The second kappa shape index (κ2) is 6.69. The summed E-state index contributed by atoms with van der Waals surface area (Å²) in [7, 11) is 0. The van der Waals surface area contributed by atoms with Gasteiger partial charge in [-0.3, -0.25) is 4.79 Å². The van der Waals surface area contributed by atoms with Crippen LogP contribution in [0.5, 0.6) is 0 Å². The number of rotatable bonds is 3. The van der Waals surface area contributed by atoms with Gasteiger partial charge < -0.3 is 15.4 Å². The summed E-state index contributed by atoms with van der Waals surface area (Å²) in [5.41, 5.74) is -0.604. The molecule has 2 amide bonds. The van der Waals surface area contributed by atoms with E-state index in [0.717, 1.165) is 4.47 Å². The van der Waals surface area contributed by atoms with Gasteiger partial charge in [0, 0.05) is 10.7 Å². The highest BCUT2D eigenvalue weighted by Crippen LogP contribution is 2.11. The van der Waals surface area contributed by atoms with Crippen LogP contribution < -0.4 is 10.6 Å². The van der Waals surface area contributed by atoms with Crippen molar-refractivity contribution in [3.8, 4) is 0 Å². The highest BCUT2D eigenvalue weighted by atomic mass is 79.9. The first kappa shape index (κ1) is 16.4. The van der Waals surface area contributed by atoms with E-state index in [-0.39, 0.29) is 5.91 Å². The Bertz CT molecular complexity index is 483. The summed E-state index contributed by atoms with van der Waals surface area (Å²) in [5, 5.41) is 5.05. The Labute approximate surface area is 126 Å². The number of anilines is 1. The fraction of sp³-hybridized carbons (Fsp3) is 0.462. The number of ether oxygens (including phenoxy) is 1. The second-order valence-corrected chi connectivity index (χ2v) is 6.13. The van der Waals surface area contributed by atoms with E-state index in [1.54, 1.807) is 46.0 Å². The normalized spacial score (nSPS) is 12.4. The molecule has 1 heterocycles. The number of hydrogen-bond acceptors (Lipinski definition) is 4. The van der Waals surface area contributed by atoms with Crippen molar-refractivity contribution in [3.63, 3.8) is 0 Å². The number of aromatic nitrogens is 1. The van der Waals surface area contributed by atoms with E-state index in [0.29, 0.717) is 5.82 Å². The van der Waals surface area contributed by atoms with Crippen LogP contribution in [-0.4, -0.2) is 28.6 Å². The number of carbonyl (C=O) groups is 2. The van der Waals surface area contributed by atoms with Crippen molar-refractivity contribution in [2.24, 2.45) is 0 Å². The lowest BCUT2D eigenvalue weighted by atomic mass is 10.2. The van der Waals surface area contributed by atoms with Crippen LogP contribution in [0.4, 0.5) is 10.6 Å². The van der Waals surface area contributed by atoms with Crippen LogP contribution in [0.25, 0.3) is 0 Å². The van der Waals surface area contributed by atoms with Gasteiger partial charge in [0.15, 0.2) is 0 Å². The first-order chi connectivity index (χ1) is 9.17. The Morgan fingerprint density at radius 3 is 2.50 bits per heavy atom. The van der Waals surface area contributed by atoms with Crippen molar-refractivity contribution in [2.75, 3.05) is 5.32 Å². The van der Waals surface area contributed by atoms with Crippen LogP contribution in [0.2, 0.25) is 0 Å². The lowest BCUT2D eigenvalue weighted by Gasteiger charge is -2.21. The van der Waals surface area contributed by atoms with Crippen molar-refractivity contribution < 1.29 is 14.3 Å². The molecular weight excluding hydrogens is 326 g/mol. The predicted molar refractivity (Wildman–Crippen MR) is 79.4 cm³/mol. The van der Waals surface area contributed by atoms with Gasteiger partial charge in [0.2, 0.25) is 5.91 Å². The van der Waals surface area contributed by atoms with Crippen molar-refractivity contribution in [3.05, 3.63) is 22.8 Å². The summed E-state index contributed by atoms with van der Waals surface area (Å²) >= 11 is 3.25. The smallest absolute Gasteiger partial charge is 0.408 e. The van der Waals surface area contributed by atoms with E-state index >= 15 is 0 Å². The molecule has 0 aromatic carbocycles. The molecule has 1 rings (SSSR count). The molecule has 2 N–H and O–H groups in total. The first-order valence-electron chi connectivity index (χ1n) is 6.09. The van der Waals surface area contributed by atoms with Gasteiger partial charge in [0.25, 0.3) is 0 Å². The minimum atomic E-state index is -0.727. The van der Waals surface area contributed by atoms with Crippen molar-refractivity contribution in [2.45, 2.75) is 39.3 Å². The molecule has 0 radical (unpaired) electrons. The summed E-state index contributed by atoms with van der Waals surface area (Å²) in [4.78, 5) is 27.4. The van der Waals surface area contributed by atoms with Crippen LogP contribution in [0.1, 0.15) is 27.7 Å². The zero-order chi connectivity index (χ0) is 15.3. The van der Waals surface area contributed by atoms with Crippen LogP contribution in [0, 0.1) is 0 Å². The first-order valence-corrected chi connectivity index (χ1v) is 6.88. The van der Waals surface area contributed by atoms with E-state index < -0.39 is 17.7 Å². The Kier molecular flexibility index (Phi) is 5.50. The average molecular weight is 344 g/mol. The van der Waals surface area contributed by atoms with Crippen molar-refractivity contribution in [1.29, 1.82) is 0 Å². The quantitative estimate of drug-likeness (QED) is 0.884. The summed E-state index contributed by atoms with van der Waals surface area (Å²) in [6.07, 6.45) is 0.936. The summed E-state index contributed by atoms with van der Waals surface area (Å²) in [6, 6.07) is 2.69. The SMILES string of the molecule is CC(NC(=O)OC(C)(C)C)C(=O)Nc1ccc(Br)cn1. The van der Waals surface area contributed by atoms with Gasteiger partial charge >= 0.3 is 6.09 Å². The number of amides is 2. The van der Waals surface area contributed by atoms with E-state index in [1.807, 2.05) is 0 Å². The number of carbonyl (C=O) groups excluding carboxylic acids is 2. The van der Waals surface area contributed by atoms with Gasteiger partial charge in [-0.25, -0.2) is 9.78 Å². The minimum Gasteiger partial charge on any atom is -0.444 e. The molecule has 1 atom stereocenters.